The molecular formula is C21H24N2O. The van der Waals surface area contributed by atoms with E-state index in [1.807, 2.05) is 30.3 Å². The Bertz CT molecular complexity index is 814. The molecule has 1 saturated heterocycles. The van der Waals surface area contributed by atoms with Crippen LogP contribution in [0, 0.1) is 0 Å². The number of benzene rings is 2. The highest BCUT2D eigenvalue weighted by Crippen LogP contribution is 2.28. The van der Waals surface area contributed by atoms with Gasteiger partial charge in [0.15, 0.2) is 5.58 Å². The molecule has 3 aromatic rings. The average molecular weight is 320 g/mol. The highest BCUT2D eigenvalue weighted by atomic mass is 16.3. The van der Waals surface area contributed by atoms with Crippen LogP contribution in [0.15, 0.2) is 52.9 Å². The smallest absolute Gasteiger partial charge is 0.227 e. The predicted molar refractivity (Wildman–Crippen MR) is 97.8 cm³/mol. The molecule has 0 aliphatic carbocycles. The van der Waals surface area contributed by atoms with Crippen molar-refractivity contribution in [2.24, 2.45) is 0 Å². The summed E-state index contributed by atoms with van der Waals surface area (Å²) in [6, 6.07) is 17.8. The predicted octanol–water partition coefficient (Wildman–Crippen LogP) is 5.26. The Morgan fingerprint density at radius 1 is 1.04 bits per heavy atom. The van der Waals surface area contributed by atoms with Crippen LogP contribution in [0.25, 0.3) is 22.6 Å². The lowest BCUT2D eigenvalue weighted by molar-refractivity contribution is 0.0953. The molecular weight excluding hydrogens is 296 g/mol. The van der Waals surface area contributed by atoms with Crippen LogP contribution in [0.1, 0.15) is 38.7 Å². The first-order valence-electron chi connectivity index (χ1n) is 8.91. The molecule has 0 spiro atoms. The van der Waals surface area contributed by atoms with Crippen LogP contribution in [0.3, 0.4) is 0 Å². The highest BCUT2D eigenvalue weighted by Gasteiger charge is 2.24. The van der Waals surface area contributed by atoms with Gasteiger partial charge >= 0.3 is 0 Å². The van der Waals surface area contributed by atoms with Gasteiger partial charge in [-0.15, -0.1) is 0 Å². The van der Waals surface area contributed by atoms with Crippen molar-refractivity contribution < 1.29 is 4.42 Å². The minimum absolute atomic E-state index is 0.654. The van der Waals surface area contributed by atoms with Crippen LogP contribution < -0.4 is 0 Å². The maximum absolute atomic E-state index is 5.92. The number of hydrogen-bond donors (Lipinski definition) is 0. The first kappa shape index (κ1) is 15.4. The van der Waals surface area contributed by atoms with Crippen LogP contribution >= 0.6 is 0 Å². The fourth-order valence-electron chi connectivity index (χ4n) is 3.77. The zero-order valence-corrected chi connectivity index (χ0v) is 14.4. The Morgan fingerprint density at radius 2 is 1.79 bits per heavy atom. The molecule has 0 radical (unpaired) electrons. The molecule has 0 unspecified atom stereocenters. The number of aromatic nitrogens is 1. The second kappa shape index (κ2) is 6.40. The van der Waals surface area contributed by atoms with Crippen LogP contribution in [0.4, 0.5) is 0 Å². The molecule has 0 bridgehead atoms. The highest BCUT2D eigenvalue weighted by molar-refractivity contribution is 5.76. The topological polar surface area (TPSA) is 29.3 Å². The Balaban J connectivity index is 1.61. The SMILES string of the molecule is C[C@@H]1CCC[C@H](C)N1Cc1ccc2oc(-c3ccccc3)nc2c1. The minimum atomic E-state index is 0.654. The molecule has 1 aromatic heterocycles. The van der Waals surface area contributed by atoms with Gasteiger partial charge in [0, 0.05) is 24.2 Å². The van der Waals surface area contributed by atoms with E-state index in [2.05, 4.69) is 41.9 Å². The van der Waals surface area contributed by atoms with Gasteiger partial charge < -0.3 is 4.42 Å². The standard InChI is InChI=1S/C21H24N2O/c1-15-7-6-8-16(2)23(15)14-17-11-12-20-19(13-17)22-21(24-20)18-9-4-3-5-10-18/h3-5,9-13,15-16H,6-8,14H2,1-2H3/t15-,16+. The average Bonchev–Trinajstić information content (AvgIpc) is 3.02. The molecule has 2 atom stereocenters. The molecule has 124 valence electrons. The summed E-state index contributed by atoms with van der Waals surface area (Å²) in [4.78, 5) is 7.30. The number of likely N-dealkylation sites (tertiary alicyclic amines) is 1. The molecule has 4 rings (SSSR count). The third-order valence-corrected chi connectivity index (χ3v) is 5.21. The van der Waals surface area contributed by atoms with E-state index in [1.54, 1.807) is 0 Å². The van der Waals surface area contributed by atoms with Gasteiger partial charge in [0.05, 0.1) is 0 Å². The van der Waals surface area contributed by atoms with E-state index < -0.39 is 0 Å². The summed E-state index contributed by atoms with van der Waals surface area (Å²) in [5.41, 5.74) is 4.14. The van der Waals surface area contributed by atoms with Gasteiger partial charge in [0.2, 0.25) is 5.89 Å². The Morgan fingerprint density at radius 3 is 2.54 bits per heavy atom. The van der Waals surface area contributed by atoms with Crippen molar-refractivity contribution in [1.29, 1.82) is 0 Å². The summed E-state index contributed by atoms with van der Waals surface area (Å²) in [6.07, 6.45) is 3.95. The minimum Gasteiger partial charge on any atom is -0.436 e. The molecule has 1 aliphatic heterocycles. The molecule has 1 aliphatic rings. The van der Waals surface area contributed by atoms with E-state index in [0.717, 1.165) is 23.2 Å². The van der Waals surface area contributed by atoms with Crippen molar-refractivity contribution in [3.8, 4) is 11.5 Å². The van der Waals surface area contributed by atoms with Gasteiger partial charge in [-0.25, -0.2) is 4.98 Å². The van der Waals surface area contributed by atoms with Crippen molar-refractivity contribution in [3.63, 3.8) is 0 Å². The van der Waals surface area contributed by atoms with Crippen LogP contribution in [-0.4, -0.2) is 22.0 Å². The molecule has 0 N–H and O–H groups in total. The van der Waals surface area contributed by atoms with Crippen molar-refractivity contribution in [2.75, 3.05) is 0 Å². The Hall–Kier alpha value is -2.13. The van der Waals surface area contributed by atoms with E-state index in [0.29, 0.717) is 18.0 Å². The summed E-state index contributed by atoms with van der Waals surface area (Å²) in [6.45, 7) is 5.68. The Labute approximate surface area is 143 Å². The molecule has 0 saturated carbocycles. The summed E-state index contributed by atoms with van der Waals surface area (Å²) >= 11 is 0. The van der Waals surface area contributed by atoms with Crippen molar-refractivity contribution >= 4 is 11.1 Å². The zero-order valence-electron chi connectivity index (χ0n) is 14.4. The lowest BCUT2D eigenvalue weighted by Crippen LogP contribution is -2.42. The first-order valence-corrected chi connectivity index (χ1v) is 8.91. The normalized spacial score (nSPS) is 22.1. The maximum atomic E-state index is 5.92. The molecule has 24 heavy (non-hydrogen) atoms. The molecule has 1 fully saturated rings. The van der Waals surface area contributed by atoms with E-state index in [-0.39, 0.29) is 0 Å². The second-order valence-corrected chi connectivity index (χ2v) is 6.99. The van der Waals surface area contributed by atoms with Gasteiger partial charge in [-0.3, -0.25) is 4.90 Å². The molecule has 2 heterocycles. The number of hydrogen-bond acceptors (Lipinski definition) is 3. The Kier molecular flexibility index (Phi) is 4.11. The number of piperidine rings is 1. The third-order valence-electron chi connectivity index (χ3n) is 5.21. The van der Waals surface area contributed by atoms with Gasteiger partial charge in [-0.2, -0.15) is 0 Å². The van der Waals surface area contributed by atoms with Crippen LogP contribution in [0.2, 0.25) is 0 Å². The third kappa shape index (κ3) is 2.96. The van der Waals surface area contributed by atoms with E-state index in [9.17, 15) is 0 Å². The number of rotatable bonds is 3. The molecule has 3 nitrogen and oxygen atoms in total. The number of oxazole rings is 1. The molecule has 2 aromatic carbocycles. The number of nitrogens with zero attached hydrogens (tertiary/aromatic N) is 2. The largest absolute Gasteiger partial charge is 0.436 e. The lowest BCUT2D eigenvalue weighted by atomic mass is 9.97. The van der Waals surface area contributed by atoms with E-state index in [4.69, 9.17) is 4.42 Å². The summed E-state index contributed by atoms with van der Waals surface area (Å²) in [5.74, 6) is 0.697. The van der Waals surface area contributed by atoms with Gasteiger partial charge in [-0.05, 0) is 56.5 Å². The van der Waals surface area contributed by atoms with Crippen molar-refractivity contribution in [2.45, 2.75) is 51.7 Å². The van der Waals surface area contributed by atoms with E-state index >= 15 is 0 Å². The lowest BCUT2D eigenvalue weighted by Gasteiger charge is -2.39. The second-order valence-electron chi connectivity index (χ2n) is 6.99. The van der Waals surface area contributed by atoms with Crippen molar-refractivity contribution in [1.82, 2.24) is 9.88 Å². The molecule has 3 heteroatoms. The fraction of sp³-hybridized carbons (Fsp3) is 0.381. The summed E-state index contributed by atoms with van der Waals surface area (Å²) in [7, 11) is 0. The maximum Gasteiger partial charge on any atom is 0.227 e. The van der Waals surface area contributed by atoms with E-state index in [1.165, 1.54) is 24.8 Å². The van der Waals surface area contributed by atoms with Gasteiger partial charge in [-0.1, -0.05) is 30.7 Å². The van der Waals surface area contributed by atoms with Gasteiger partial charge in [0.1, 0.15) is 5.52 Å². The summed E-state index contributed by atoms with van der Waals surface area (Å²) < 4.78 is 5.92. The summed E-state index contributed by atoms with van der Waals surface area (Å²) in [5, 5.41) is 0. The van der Waals surface area contributed by atoms with Gasteiger partial charge in [0.25, 0.3) is 0 Å². The molecule has 0 amide bonds. The van der Waals surface area contributed by atoms with Crippen molar-refractivity contribution in [3.05, 3.63) is 54.1 Å². The van der Waals surface area contributed by atoms with Crippen LogP contribution in [0.5, 0.6) is 0 Å². The zero-order chi connectivity index (χ0) is 16.5. The number of fused-ring (bicyclic) bond motifs is 1. The fourth-order valence-corrected chi connectivity index (χ4v) is 3.77. The first-order chi connectivity index (χ1) is 11.7. The monoisotopic (exact) mass is 320 g/mol. The quantitative estimate of drug-likeness (QED) is 0.659. The van der Waals surface area contributed by atoms with Crippen LogP contribution in [-0.2, 0) is 6.54 Å².